The van der Waals surface area contributed by atoms with E-state index in [0.29, 0.717) is 16.1 Å². The summed E-state index contributed by atoms with van der Waals surface area (Å²) < 4.78 is 0. The van der Waals surface area contributed by atoms with E-state index >= 15 is 0 Å². The lowest BCUT2D eigenvalue weighted by molar-refractivity contribution is 0.146. The molecule has 1 aliphatic carbocycles. The van der Waals surface area contributed by atoms with Gasteiger partial charge in [0.2, 0.25) is 0 Å². The van der Waals surface area contributed by atoms with Crippen LogP contribution in [-0.4, -0.2) is 66.6 Å². The molecule has 34 heavy (non-hydrogen) atoms. The zero-order valence-electron chi connectivity index (χ0n) is 19.3. The quantitative estimate of drug-likeness (QED) is 0.408. The number of halogens is 6. The summed E-state index contributed by atoms with van der Waals surface area (Å²) in [6.07, 6.45) is 4.55. The van der Waals surface area contributed by atoms with E-state index in [4.69, 9.17) is 28.9 Å². The molecule has 1 fully saturated rings. The lowest BCUT2D eigenvalue weighted by Crippen LogP contribution is -2.50. The van der Waals surface area contributed by atoms with Gasteiger partial charge in [0, 0.05) is 50.2 Å². The SMILES string of the molecule is CCCN(CCN1CCN(c2cccc(Cl)c2Cl)CC1)[C@H]1CCc2nc(N)sc2C1.Cl.Cl.Cl.Cl. The molecule has 12 heteroatoms. The fraction of sp³-hybridized carbons (Fsp3) is 0.591. The summed E-state index contributed by atoms with van der Waals surface area (Å²) in [5.41, 5.74) is 8.22. The van der Waals surface area contributed by atoms with E-state index < -0.39 is 0 Å². The molecule has 0 saturated carbocycles. The molecule has 0 unspecified atom stereocenters. The number of rotatable bonds is 7. The summed E-state index contributed by atoms with van der Waals surface area (Å²) in [5, 5.41) is 2.02. The van der Waals surface area contributed by atoms with E-state index in [1.807, 2.05) is 12.1 Å². The molecule has 2 N–H and O–H groups in total. The van der Waals surface area contributed by atoms with Gasteiger partial charge in [-0.2, -0.15) is 0 Å². The maximum Gasteiger partial charge on any atom is 0.180 e. The summed E-state index contributed by atoms with van der Waals surface area (Å²) >= 11 is 14.3. The number of aryl methyl sites for hydroxylation is 1. The van der Waals surface area contributed by atoms with Gasteiger partial charge in [-0.1, -0.05) is 36.2 Å². The molecule has 2 aromatic rings. The van der Waals surface area contributed by atoms with E-state index in [9.17, 15) is 0 Å². The zero-order chi connectivity index (χ0) is 21.1. The molecule has 0 amide bonds. The summed E-state index contributed by atoms with van der Waals surface area (Å²) in [4.78, 5) is 13.5. The van der Waals surface area contributed by atoms with Crippen LogP contribution in [0, 0.1) is 0 Å². The van der Waals surface area contributed by atoms with Crippen LogP contribution >= 0.6 is 84.2 Å². The largest absolute Gasteiger partial charge is 0.375 e. The highest BCUT2D eigenvalue weighted by atomic mass is 35.5. The van der Waals surface area contributed by atoms with Crippen molar-refractivity contribution in [2.75, 3.05) is 56.4 Å². The van der Waals surface area contributed by atoms with Crippen LogP contribution in [0.25, 0.3) is 0 Å². The number of hydrogen-bond acceptors (Lipinski definition) is 6. The Hall–Kier alpha value is 0.110. The van der Waals surface area contributed by atoms with E-state index in [1.54, 1.807) is 11.3 Å². The van der Waals surface area contributed by atoms with Crippen molar-refractivity contribution in [1.29, 1.82) is 0 Å². The van der Waals surface area contributed by atoms with Crippen molar-refractivity contribution in [3.63, 3.8) is 0 Å². The normalized spacial score (nSPS) is 17.6. The Bertz CT molecular complexity index is 862. The van der Waals surface area contributed by atoms with Crippen LogP contribution in [0.15, 0.2) is 18.2 Å². The summed E-state index contributed by atoms with van der Waals surface area (Å²) in [6.45, 7) is 9.77. The second kappa shape index (κ2) is 16.1. The van der Waals surface area contributed by atoms with Gasteiger partial charge in [0.25, 0.3) is 0 Å². The van der Waals surface area contributed by atoms with Gasteiger partial charge in [0.15, 0.2) is 5.13 Å². The monoisotopic (exact) mass is 611 g/mol. The highest BCUT2D eigenvalue weighted by molar-refractivity contribution is 7.15. The average molecular weight is 614 g/mol. The molecule has 4 rings (SSSR count). The Morgan fingerprint density at radius 2 is 1.79 bits per heavy atom. The Morgan fingerprint density at radius 3 is 2.47 bits per heavy atom. The number of thiazole rings is 1. The minimum atomic E-state index is 0. The maximum absolute atomic E-state index is 6.42. The Balaban J connectivity index is 0.00000272. The van der Waals surface area contributed by atoms with Crippen LogP contribution in [0.3, 0.4) is 0 Å². The lowest BCUT2D eigenvalue weighted by Gasteiger charge is -2.39. The number of anilines is 2. The maximum atomic E-state index is 6.42. The Morgan fingerprint density at radius 1 is 1.09 bits per heavy atom. The third kappa shape index (κ3) is 8.32. The van der Waals surface area contributed by atoms with Crippen molar-refractivity contribution in [2.24, 2.45) is 0 Å². The summed E-state index contributed by atoms with van der Waals surface area (Å²) in [7, 11) is 0. The van der Waals surface area contributed by atoms with Crippen molar-refractivity contribution in [1.82, 2.24) is 14.8 Å². The van der Waals surface area contributed by atoms with Crippen LogP contribution in [0.1, 0.15) is 30.3 Å². The fourth-order valence-electron chi connectivity index (χ4n) is 4.67. The molecule has 1 atom stereocenters. The molecule has 2 aliphatic rings. The highest BCUT2D eigenvalue weighted by Gasteiger charge is 2.27. The second-order valence-corrected chi connectivity index (χ2v) is 10.2. The molecule has 2 heterocycles. The van der Waals surface area contributed by atoms with Crippen LogP contribution in [0.4, 0.5) is 10.8 Å². The molecular weight excluding hydrogens is 579 g/mol. The lowest BCUT2D eigenvalue weighted by atomic mass is 9.96. The van der Waals surface area contributed by atoms with Crippen molar-refractivity contribution in [3.8, 4) is 0 Å². The average Bonchev–Trinajstić information content (AvgIpc) is 3.13. The first-order valence-corrected chi connectivity index (χ1v) is 12.5. The molecule has 0 radical (unpaired) electrons. The first kappa shape index (κ1) is 34.1. The fourth-order valence-corrected chi connectivity index (χ4v) is 6.04. The number of piperazine rings is 1. The van der Waals surface area contributed by atoms with Gasteiger partial charge in [0.1, 0.15) is 0 Å². The van der Waals surface area contributed by atoms with Crippen molar-refractivity contribution in [2.45, 2.75) is 38.6 Å². The van der Waals surface area contributed by atoms with E-state index in [1.165, 1.54) is 23.4 Å². The van der Waals surface area contributed by atoms with Gasteiger partial charge in [-0.05, 0) is 44.4 Å². The van der Waals surface area contributed by atoms with E-state index in [-0.39, 0.29) is 49.6 Å². The molecule has 1 aromatic carbocycles. The predicted molar refractivity (Wildman–Crippen MR) is 158 cm³/mol. The minimum absolute atomic E-state index is 0. The van der Waals surface area contributed by atoms with Crippen molar-refractivity contribution < 1.29 is 0 Å². The number of aromatic nitrogens is 1. The molecule has 5 nitrogen and oxygen atoms in total. The molecule has 1 saturated heterocycles. The number of fused-ring (bicyclic) bond motifs is 1. The first-order chi connectivity index (χ1) is 14.5. The number of nitrogens with two attached hydrogens (primary N) is 1. The highest BCUT2D eigenvalue weighted by Crippen LogP contribution is 2.33. The third-order valence-electron chi connectivity index (χ3n) is 6.31. The third-order valence-corrected chi connectivity index (χ3v) is 8.06. The van der Waals surface area contributed by atoms with Gasteiger partial charge in [-0.15, -0.1) is 61.0 Å². The molecule has 1 aliphatic heterocycles. The van der Waals surface area contributed by atoms with Crippen molar-refractivity contribution >= 4 is 95.0 Å². The Kier molecular flexibility index (Phi) is 16.1. The zero-order valence-corrected chi connectivity index (χ0v) is 24.8. The van der Waals surface area contributed by atoms with Gasteiger partial charge in [-0.25, -0.2) is 4.98 Å². The standard InChI is InChI=1S/C22H31Cl2N5S.4ClH/c1-2-8-28(16-6-7-18-20(15-16)30-22(25)26-18)12-9-27-10-13-29(14-11-27)19-5-3-4-17(23)21(19)24;;;;/h3-5,16H,2,6-15H2,1H3,(H2,25,26);4*1H/t16-;;;;/m0..../s1. The predicted octanol–water partition coefficient (Wildman–Crippen LogP) is 6.11. The topological polar surface area (TPSA) is 48.6 Å². The van der Waals surface area contributed by atoms with Gasteiger partial charge < -0.3 is 10.6 Å². The molecule has 0 bridgehead atoms. The summed E-state index contributed by atoms with van der Waals surface area (Å²) in [6, 6.07) is 6.51. The van der Waals surface area contributed by atoms with Crippen LogP contribution in [-0.2, 0) is 12.8 Å². The van der Waals surface area contributed by atoms with E-state index in [0.717, 1.165) is 69.5 Å². The number of benzene rings is 1. The molecule has 196 valence electrons. The van der Waals surface area contributed by atoms with E-state index in [2.05, 4.69) is 32.7 Å². The van der Waals surface area contributed by atoms with Crippen LogP contribution in [0.5, 0.6) is 0 Å². The number of hydrogen-bond donors (Lipinski definition) is 1. The minimum Gasteiger partial charge on any atom is -0.375 e. The first-order valence-electron chi connectivity index (χ1n) is 10.9. The molecular formula is C22H35Cl6N5S. The van der Waals surface area contributed by atoms with Gasteiger partial charge >= 0.3 is 0 Å². The number of nitrogen functional groups attached to an aromatic ring is 1. The summed E-state index contributed by atoms with van der Waals surface area (Å²) in [5.74, 6) is 0. The van der Waals surface area contributed by atoms with Crippen LogP contribution < -0.4 is 10.6 Å². The van der Waals surface area contributed by atoms with Crippen LogP contribution in [0.2, 0.25) is 10.0 Å². The smallest absolute Gasteiger partial charge is 0.180 e. The second-order valence-electron chi connectivity index (χ2n) is 8.26. The van der Waals surface area contributed by atoms with Gasteiger partial charge in [-0.3, -0.25) is 9.80 Å². The molecule has 1 aromatic heterocycles. The van der Waals surface area contributed by atoms with Gasteiger partial charge in [0.05, 0.1) is 21.4 Å². The van der Waals surface area contributed by atoms with Crippen molar-refractivity contribution in [3.05, 3.63) is 38.8 Å². The Labute approximate surface area is 242 Å². The molecule has 0 spiro atoms. The number of nitrogens with zero attached hydrogens (tertiary/aromatic N) is 4.